The number of hydrogen-bond donors (Lipinski definition) is 0. The molecule has 1 aromatic rings. The molecule has 0 N–H and O–H groups in total. The van der Waals surface area contributed by atoms with Gasteiger partial charge in [-0.25, -0.2) is 0 Å². The van der Waals surface area contributed by atoms with Crippen molar-refractivity contribution in [3.05, 3.63) is 22.1 Å². The first-order valence-electron chi connectivity index (χ1n) is 5.63. The van der Waals surface area contributed by atoms with E-state index in [-0.39, 0.29) is 5.91 Å². The van der Waals surface area contributed by atoms with E-state index in [0.717, 1.165) is 24.2 Å². The molecule has 1 saturated carbocycles. The number of rotatable bonds is 4. The molecule has 0 spiro atoms. The van der Waals surface area contributed by atoms with Crippen LogP contribution in [0.2, 0.25) is 4.47 Å². The molecule has 1 amide bonds. The van der Waals surface area contributed by atoms with Crippen LogP contribution in [0.4, 0.5) is 0 Å². The molecule has 1 fully saturated rings. The van der Waals surface area contributed by atoms with Crippen molar-refractivity contribution in [2.75, 3.05) is 6.54 Å². The Morgan fingerprint density at radius 3 is 2.76 bits per heavy atom. The lowest BCUT2D eigenvalue weighted by Crippen LogP contribution is -2.38. The van der Waals surface area contributed by atoms with Crippen LogP contribution in [0.15, 0.2) is 12.7 Å². The molecular formula is C11H14ClN3OS. The number of carbonyl (C=O) groups is 1. The van der Waals surface area contributed by atoms with Crippen molar-refractivity contribution in [1.82, 2.24) is 15.1 Å². The summed E-state index contributed by atoms with van der Waals surface area (Å²) in [6.45, 7) is 4.26. The van der Waals surface area contributed by atoms with Gasteiger partial charge in [0.25, 0.3) is 5.91 Å². The van der Waals surface area contributed by atoms with Gasteiger partial charge < -0.3 is 4.90 Å². The summed E-state index contributed by atoms with van der Waals surface area (Å²) in [5.74, 6) is -0.0822. The smallest absolute Gasteiger partial charge is 0.285 e. The Hall–Kier alpha value is -0.940. The van der Waals surface area contributed by atoms with Crippen LogP contribution < -0.4 is 0 Å². The average molecular weight is 272 g/mol. The molecule has 0 bridgehead atoms. The minimum Gasteiger partial charge on any atom is -0.330 e. The van der Waals surface area contributed by atoms with Gasteiger partial charge in [0.1, 0.15) is 0 Å². The molecular weight excluding hydrogens is 258 g/mol. The first kappa shape index (κ1) is 12.5. The molecule has 1 aliphatic rings. The first-order valence-corrected chi connectivity index (χ1v) is 6.82. The zero-order valence-corrected chi connectivity index (χ0v) is 11.0. The summed E-state index contributed by atoms with van der Waals surface area (Å²) in [6.07, 6.45) is 6.24. The highest BCUT2D eigenvalue weighted by atomic mass is 35.5. The molecule has 0 radical (unpaired) electrons. The van der Waals surface area contributed by atoms with Gasteiger partial charge in [-0.3, -0.25) is 4.79 Å². The van der Waals surface area contributed by atoms with Gasteiger partial charge in [0.05, 0.1) is 0 Å². The molecule has 0 aliphatic heterocycles. The minimum atomic E-state index is -0.0822. The third kappa shape index (κ3) is 2.84. The van der Waals surface area contributed by atoms with Gasteiger partial charge in [-0.1, -0.05) is 30.3 Å². The van der Waals surface area contributed by atoms with Crippen LogP contribution in [0.1, 0.15) is 35.5 Å². The molecule has 0 saturated heterocycles. The van der Waals surface area contributed by atoms with E-state index >= 15 is 0 Å². The second kappa shape index (κ2) is 5.60. The number of aromatic nitrogens is 2. The van der Waals surface area contributed by atoms with Crippen molar-refractivity contribution >= 4 is 28.8 Å². The topological polar surface area (TPSA) is 46.1 Å². The summed E-state index contributed by atoms with van der Waals surface area (Å²) >= 11 is 6.83. The zero-order chi connectivity index (χ0) is 12.3. The predicted molar refractivity (Wildman–Crippen MR) is 68.4 cm³/mol. The van der Waals surface area contributed by atoms with E-state index in [4.69, 9.17) is 11.6 Å². The highest BCUT2D eigenvalue weighted by Gasteiger charge is 2.28. The summed E-state index contributed by atoms with van der Waals surface area (Å²) in [4.78, 5) is 14.1. The summed E-state index contributed by atoms with van der Waals surface area (Å²) < 4.78 is 0.304. The maximum Gasteiger partial charge on any atom is 0.285 e. The highest BCUT2D eigenvalue weighted by molar-refractivity contribution is 7.17. The number of amides is 1. The van der Waals surface area contributed by atoms with Crippen molar-refractivity contribution in [2.24, 2.45) is 0 Å². The van der Waals surface area contributed by atoms with Crippen molar-refractivity contribution in [3.63, 3.8) is 0 Å². The van der Waals surface area contributed by atoms with Crippen molar-refractivity contribution in [3.8, 4) is 0 Å². The van der Waals surface area contributed by atoms with Gasteiger partial charge >= 0.3 is 0 Å². The molecule has 0 aromatic carbocycles. The van der Waals surface area contributed by atoms with Gasteiger partial charge in [-0.15, -0.1) is 16.8 Å². The lowest BCUT2D eigenvalue weighted by molar-refractivity contribution is 0.0705. The number of halogens is 1. The Balaban J connectivity index is 2.14. The summed E-state index contributed by atoms with van der Waals surface area (Å²) in [5, 5.41) is 7.83. The number of carbonyl (C=O) groups excluding carboxylic acids is 1. The second-order valence-corrected chi connectivity index (χ2v) is 5.60. The highest BCUT2D eigenvalue weighted by Crippen LogP contribution is 2.26. The third-order valence-electron chi connectivity index (χ3n) is 2.94. The quantitative estimate of drug-likeness (QED) is 0.791. The molecule has 6 heteroatoms. The van der Waals surface area contributed by atoms with Crippen molar-refractivity contribution in [2.45, 2.75) is 31.7 Å². The van der Waals surface area contributed by atoms with Gasteiger partial charge in [0.15, 0.2) is 0 Å². The fourth-order valence-corrected chi connectivity index (χ4v) is 2.95. The van der Waals surface area contributed by atoms with Crippen LogP contribution in [0, 0.1) is 0 Å². The molecule has 2 rings (SSSR count). The Kier molecular flexibility index (Phi) is 4.12. The summed E-state index contributed by atoms with van der Waals surface area (Å²) in [6, 6.07) is 0.308. The van der Waals surface area contributed by atoms with Crippen LogP contribution in [0.3, 0.4) is 0 Å². The largest absolute Gasteiger partial charge is 0.330 e. The van der Waals surface area contributed by atoms with E-state index in [0.29, 0.717) is 22.1 Å². The average Bonchev–Trinajstić information content (AvgIpc) is 2.95. The molecule has 1 aliphatic carbocycles. The van der Waals surface area contributed by atoms with Gasteiger partial charge in [-0.2, -0.15) is 0 Å². The molecule has 92 valence electrons. The monoisotopic (exact) mass is 271 g/mol. The predicted octanol–water partition coefficient (Wildman–Crippen LogP) is 2.76. The van der Waals surface area contributed by atoms with E-state index in [2.05, 4.69) is 16.8 Å². The summed E-state index contributed by atoms with van der Waals surface area (Å²) in [7, 11) is 0. The van der Waals surface area contributed by atoms with Gasteiger partial charge in [0.2, 0.25) is 9.47 Å². The Morgan fingerprint density at radius 2 is 2.24 bits per heavy atom. The van der Waals surface area contributed by atoms with Crippen LogP contribution in [-0.4, -0.2) is 33.6 Å². The minimum absolute atomic E-state index is 0.0822. The Morgan fingerprint density at radius 1 is 1.53 bits per heavy atom. The molecule has 4 nitrogen and oxygen atoms in total. The van der Waals surface area contributed by atoms with E-state index in [1.54, 1.807) is 6.08 Å². The van der Waals surface area contributed by atoms with Crippen LogP contribution in [0.25, 0.3) is 0 Å². The zero-order valence-electron chi connectivity index (χ0n) is 9.43. The lowest BCUT2D eigenvalue weighted by Gasteiger charge is -2.26. The van der Waals surface area contributed by atoms with E-state index < -0.39 is 0 Å². The van der Waals surface area contributed by atoms with Crippen LogP contribution in [0.5, 0.6) is 0 Å². The fourth-order valence-electron chi connectivity index (χ4n) is 2.17. The number of nitrogens with zero attached hydrogens (tertiary/aromatic N) is 3. The van der Waals surface area contributed by atoms with Crippen LogP contribution in [-0.2, 0) is 0 Å². The first-order chi connectivity index (χ1) is 8.22. The summed E-state index contributed by atoms with van der Waals surface area (Å²) in [5.41, 5.74) is 0. The van der Waals surface area contributed by atoms with Gasteiger partial charge in [0, 0.05) is 12.6 Å². The Labute approximate surface area is 109 Å². The van der Waals surface area contributed by atoms with E-state index in [9.17, 15) is 4.79 Å². The Bertz CT molecular complexity index is 415. The lowest BCUT2D eigenvalue weighted by atomic mass is 10.2. The van der Waals surface area contributed by atoms with E-state index in [1.165, 1.54) is 12.8 Å². The maximum absolute atomic E-state index is 12.3. The standard InChI is InChI=1S/C11H14ClN3OS/c1-2-7-15(8-5-3-4-6-8)10(16)9-13-14-11(12)17-9/h2,8H,1,3-7H2. The molecule has 0 atom stereocenters. The SMILES string of the molecule is C=CCN(C(=O)c1nnc(Cl)s1)C1CCCC1. The van der Waals surface area contributed by atoms with E-state index in [1.807, 2.05) is 4.90 Å². The molecule has 0 unspecified atom stereocenters. The number of hydrogen-bond acceptors (Lipinski definition) is 4. The molecule has 17 heavy (non-hydrogen) atoms. The van der Waals surface area contributed by atoms with Gasteiger partial charge in [-0.05, 0) is 24.4 Å². The fraction of sp³-hybridized carbons (Fsp3) is 0.545. The third-order valence-corrected chi connectivity index (χ3v) is 3.94. The second-order valence-electron chi connectivity index (χ2n) is 4.04. The van der Waals surface area contributed by atoms with Crippen molar-refractivity contribution < 1.29 is 4.79 Å². The molecule has 1 aromatic heterocycles. The normalized spacial score (nSPS) is 16.1. The molecule has 1 heterocycles. The van der Waals surface area contributed by atoms with Crippen molar-refractivity contribution in [1.29, 1.82) is 0 Å². The maximum atomic E-state index is 12.3. The van der Waals surface area contributed by atoms with Crippen LogP contribution >= 0.6 is 22.9 Å².